The highest BCUT2D eigenvalue weighted by Crippen LogP contribution is 2.23. The lowest BCUT2D eigenvalue weighted by molar-refractivity contribution is -0.122. The molecule has 1 saturated heterocycles. The Morgan fingerprint density at radius 3 is 2.50 bits per heavy atom. The molecule has 2 unspecified atom stereocenters. The summed E-state index contributed by atoms with van der Waals surface area (Å²) >= 11 is 0. The van der Waals surface area contributed by atoms with Gasteiger partial charge < -0.3 is 11.1 Å². The van der Waals surface area contributed by atoms with E-state index in [1.807, 2.05) is 0 Å². The van der Waals surface area contributed by atoms with Crippen LogP contribution in [-0.2, 0) is 14.8 Å². The summed E-state index contributed by atoms with van der Waals surface area (Å²) in [6.45, 7) is 1.87. The van der Waals surface area contributed by atoms with Crippen molar-refractivity contribution < 1.29 is 13.2 Å². The smallest absolute Gasteiger partial charge is 0.220 e. The number of rotatable bonds is 7. The zero-order chi connectivity index (χ0) is 16.0. The lowest BCUT2D eigenvalue weighted by atomic mass is 9.84. The van der Waals surface area contributed by atoms with Gasteiger partial charge in [0.2, 0.25) is 15.9 Å². The van der Waals surface area contributed by atoms with Gasteiger partial charge in [0.1, 0.15) is 0 Å². The minimum Gasteiger partial charge on any atom is -0.353 e. The van der Waals surface area contributed by atoms with Crippen molar-refractivity contribution in [3.05, 3.63) is 0 Å². The van der Waals surface area contributed by atoms with E-state index < -0.39 is 10.0 Å². The van der Waals surface area contributed by atoms with Gasteiger partial charge in [-0.3, -0.25) is 4.79 Å². The lowest BCUT2D eigenvalue weighted by Gasteiger charge is -2.31. The number of carbonyl (C=O) groups is 1. The van der Waals surface area contributed by atoms with Crippen LogP contribution in [-0.4, -0.2) is 50.1 Å². The zero-order valence-corrected chi connectivity index (χ0v) is 14.1. The topological polar surface area (TPSA) is 92.5 Å². The summed E-state index contributed by atoms with van der Waals surface area (Å²) in [7, 11) is -3.17. The summed E-state index contributed by atoms with van der Waals surface area (Å²) in [5.41, 5.74) is 5.76. The van der Waals surface area contributed by atoms with Crippen LogP contribution in [0.5, 0.6) is 0 Å². The molecule has 128 valence electrons. The Kier molecular flexibility index (Phi) is 6.65. The number of sulfonamides is 1. The standard InChI is InChI=1S/C15H29N3O3S/c16-12-13-6-1-2-7-14(13)17-15(19)8-5-11-22(20,21)18-9-3-4-10-18/h13-14H,1-12,16H2,(H,17,19). The molecule has 1 heterocycles. The molecule has 7 heteroatoms. The second-order valence-electron chi connectivity index (χ2n) is 6.48. The van der Waals surface area contributed by atoms with Gasteiger partial charge in [-0.15, -0.1) is 0 Å². The van der Waals surface area contributed by atoms with Crippen LogP contribution in [0.15, 0.2) is 0 Å². The maximum atomic E-state index is 12.1. The molecule has 6 nitrogen and oxygen atoms in total. The van der Waals surface area contributed by atoms with Gasteiger partial charge in [0.15, 0.2) is 0 Å². The quantitative estimate of drug-likeness (QED) is 0.722. The summed E-state index contributed by atoms with van der Waals surface area (Å²) < 4.78 is 25.7. The average molecular weight is 331 g/mol. The van der Waals surface area contributed by atoms with Crippen molar-refractivity contribution in [2.24, 2.45) is 11.7 Å². The van der Waals surface area contributed by atoms with Crippen LogP contribution < -0.4 is 11.1 Å². The van der Waals surface area contributed by atoms with Crippen LogP contribution in [0.4, 0.5) is 0 Å². The highest BCUT2D eigenvalue weighted by molar-refractivity contribution is 7.89. The third-order valence-electron chi connectivity index (χ3n) is 4.82. The van der Waals surface area contributed by atoms with Crippen LogP contribution in [0.1, 0.15) is 51.4 Å². The fourth-order valence-electron chi connectivity index (χ4n) is 3.47. The molecule has 0 spiro atoms. The van der Waals surface area contributed by atoms with Gasteiger partial charge in [-0.2, -0.15) is 0 Å². The molecule has 2 atom stereocenters. The van der Waals surface area contributed by atoms with E-state index in [1.165, 1.54) is 6.42 Å². The molecule has 1 amide bonds. The van der Waals surface area contributed by atoms with Crippen molar-refractivity contribution in [1.29, 1.82) is 0 Å². The number of amides is 1. The van der Waals surface area contributed by atoms with Gasteiger partial charge in [0, 0.05) is 25.6 Å². The van der Waals surface area contributed by atoms with Crippen molar-refractivity contribution in [2.75, 3.05) is 25.4 Å². The fourth-order valence-corrected chi connectivity index (χ4v) is 5.05. The minimum atomic E-state index is -3.17. The van der Waals surface area contributed by atoms with Crippen LogP contribution in [0.2, 0.25) is 0 Å². The third-order valence-corrected chi connectivity index (χ3v) is 6.78. The Balaban J connectivity index is 1.71. The number of nitrogens with two attached hydrogens (primary N) is 1. The zero-order valence-electron chi connectivity index (χ0n) is 13.3. The Morgan fingerprint density at radius 1 is 1.14 bits per heavy atom. The van der Waals surface area contributed by atoms with E-state index in [0.717, 1.165) is 32.1 Å². The Hall–Kier alpha value is -0.660. The molecule has 0 radical (unpaired) electrons. The van der Waals surface area contributed by atoms with Gasteiger partial charge in [0.05, 0.1) is 5.75 Å². The van der Waals surface area contributed by atoms with E-state index >= 15 is 0 Å². The van der Waals surface area contributed by atoms with Crippen molar-refractivity contribution in [3.8, 4) is 0 Å². The molecule has 0 aromatic carbocycles. The van der Waals surface area contributed by atoms with Crippen LogP contribution in [0.3, 0.4) is 0 Å². The monoisotopic (exact) mass is 331 g/mol. The maximum absolute atomic E-state index is 12.1. The first-order valence-electron chi connectivity index (χ1n) is 8.50. The van der Waals surface area contributed by atoms with Crippen LogP contribution >= 0.6 is 0 Å². The average Bonchev–Trinajstić information content (AvgIpc) is 3.02. The Labute approximate surface area is 133 Å². The van der Waals surface area contributed by atoms with Crippen molar-refractivity contribution in [1.82, 2.24) is 9.62 Å². The highest BCUT2D eigenvalue weighted by Gasteiger charge is 2.27. The highest BCUT2D eigenvalue weighted by atomic mass is 32.2. The number of carbonyl (C=O) groups excluding carboxylic acids is 1. The molecule has 2 fully saturated rings. The largest absolute Gasteiger partial charge is 0.353 e. The number of hydrogen-bond acceptors (Lipinski definition) is 4. The second kappa shape index (κ2) is 8.26. The summed E-state index contributed by atoms with van der Waals surface area (Å²) in [5.74, 6) is 0.402. The summed E-state index contributed by atoms with van der Waals surface area (Å²) in [6.07, 6.45) is 6.94. The lowest BCUT2D eigenvalue weighted by Crippen LogP contribution is -2.44. The summed E-state index contributed by atoms with van der Waals surface area (Å²) in [5, 5.41) is 3.05. The molecule has 2 rings (SSSR count). The first-order valence-corrected chi connectivity index (χ1v) is 10.1. The maximum Gasteiger partial charge on any atom is 0.220 e. The first-order chi connectivity index (χ1) is 10.5. The molecular formula is C15H29N3O3S. The van der Waals surface area contributed by atoms with Crippen molar-refractivity contribution >= 4 is 15.9 Å². The molecule has 1 saturated carbocycles. The van der Waals surface area contributed by atoms with E-state index in [9.17, 15) is 13.2 Å². The van der Waals surface area contributed by atoms with E-state index in [2.05, 4.69) is 5.32 Å². The normalized spacial score (nSPS) is 27.0. The van der Waals surface area contributed by atoms with Crippen LogP contribution in [0.25, 0.3) is 0 Å². The predicted molar refractivity (Wildman–Crippen MR) is 86.8 cm³/mol. The SMILES string of the molecule is NCC1CCCCC1NC(=O)CCCS(=O)(=O)N1CCCC1. The van der Waals surface area contributed by atoms with Crippen molar-refractivity contribution in [3.63, 3.8) is 0 Å². The molecule has 1 aliphatic carbocycles. The number of nitrogens with one attached hydrogen (secondary N) is 1. The molecule has 2 aliphatic rings. The second-order valence-corrected chi connectivity index (χ2v) is 8.57. The fraction of sp³-hybridized carbons (Fsp3) is 0.933. The van der Waals surface area contributed by atoms with Gasteiger partial charge in [-0.05, 0) is 44.6 Å². The van der Waals surface area contributed by atoms with E-state index in [-0.39, 0.29) is 24.1 Å². The predicted octanol–water partition coefficient (Wildman–Crippen LogP) is 0.826. The van der Waals surface area contributed by atoms with E-state index in [4.69, 9.17) is 5.73 Å². The summed E-state index contributed by atoms with van der Waals surface area (Å²) in [6, 6.07) is 0.168. The molecule has 0 bridgehead atoms. The van der Waals surface area contributed by atoms with E-state index in [0.29, 0.717) is 32.0 Å². The van der Waals surface area contributed by atoms with E-state index in [1.54, 1.807) is 4.31 Å². The summed E-state index contributed by atoms with van der Waals surface area (Å²) in [4.78, 5) is 12.0. The van der Waals surface area contributed by atoms with Crippen molar-refractivity contribution in [2.45, 2.75) is 57.4 Å². The Bertz CT molecular complexity index is 461. The number of hydrogen-bond donors (Lipinski definition) is 2. The molecule has 3 N–H and O–H groups in total. The van der Waals surface area contributed by atoms with Gasteiger partial charge in [0.25, 0.3) is 0 Å². The van der Waals surface area contributed by atoms with Gasteiger partial charge in [-0.25, -0.2) is 12.7 Å². The molecular weight excluding hydrogens is 302 g/mol. The number of nitrogens with zero attached hydrogens (tertiary/aromatic N) is 1. The minimum absolute atomic E-state index is 0.0398. The Morgan fingerprint density at radius 2 is 1.82 bits per heavy atom. The molecule has 0 aromatic heterocycles. The van der Waals surface area contributed by atoms with Gasteiger partial charge in [-0.1, -0.05) is 12.8 Å². The molecule has 22 heavy (non-hydrogen) atoms. The first kappa shape index (κ1) is 17.7. The van der Waals surface area contributed by atoms with Crippen LogP contribution in [0, 0.1) is 5.92 Å². The van der Waals surface area contributed by atoms with Gasteiger partial charge >= 0.3 is 0 Å². The molecule has 1 aliphatic heterocycles. The third kappa shape index (κ3) is 4.93. The molecule has 0 aromatic rings.